The van der Waals surface area contributed by atoms with Crippen LogP contribution in [0.25, 0.3) is 10.6 Å². The molecular formula is C21H23N3O2S. The van der Waals surface area contributed by atoms with Crippen molar-refractivity contribution in [3.05, 3.63) is 65.1 Å². The third-order valence-corrected chi connectivity index (χ3v) is 6.14. The Bertz CT molecular complexity index is 884. The SMILES string of the molecule is Cc1nc(-c2ccccc2)sc1C(=O)NCC(c1ccco1)N1CCCC1. The van der Waals surface area contributed by atoms with Gasteiger partial charge >= 0.3 is 0 Å². The fourth-order valence-electron chi connectivity index (χ4n) is 3.52. The van der Waals surface area contributed by atoms with E-state index in [1.165, 1.54) is 24.2 Å². The number of likely N-dealkylation sites (tertiary alicyclic amines) is 1. The number of carbonyl (C=O) groups is 1. The molecule has 1 fully saturated rings. The molecule has 1 amide bonds. The highest BCUT2D eigenvalue weighted by Crippen LogP contribution is 2.28. The molecule has 4 rings (SSSR count). The van der Waals surface area contributed by atoms with Crippen LogP contribution in [0, 0.1) is 6.92 Å². The van der Waals surface area contributed by atoms with Crippen LogP contribution in [-0.4, -0.2) is 35.4 Å². The highest BCUT2D eigenvalue weighted by molar-refractivity contribution is 7.17. The van der Waals surface area contributed by atoms with Gasteiger partial charge in [0, 0.05) is 12.1 Å². The van der Waals surface area contributed by atoms with E-state index in [0.29, 0.717) is 11.4 Å². The van der Waals surface area contributed by atoms with Gasteiger partial charge in [-0.3, -0.25) is 9.69 Å². The molecule has 1 atom stereocenters. The second kappa shape index (κ2) is 8.06. The van der Waals surface area contributed by atoms with E-state index in [9.17, 15) is 4.79 Å². The molecule has 2 aromatic heterocycles. The van der Waals surface area contributed by atoms with Gasteiger partial charge in [-0.25, -0.2) is 4.98 Å². The summed E-state index contributed by atoms with van der Waals surface area (Å²) >= 11 is 1.44. The van der Waals surface area contributed by atoms with E-state index in [-0.39, 0.29) is 11.9 Å². The normalized spacial score (nSPS) is 15.7. The molecule has 0 spiro atoms. The third kappa shape index (κ3) is 3.96. The molecule has 1 saturated heterocycles. The van der Waals surface area contributed by atoms with Crippen molar-refractivity contribution in [2.24, 2.45) is 0 Å². The van der Waals surface area contributed by atoms with Crippen molar-refractivity contribution in [2.45, 2.75) is 25.8 Å². The number of thiazole rings is 1. The van der Waals surface area contributed by atoms with Crippen molar-refractivity contribution in [1.82, 2.24) is 15.2 Å². The van der Waals surface area contributed by atoms with Gasteiger partial charge in [-0.2, -0.15) is 0 Å². The number of aromatic nitrogens is 1. The zero-order valence-electron chi connectivity index (χ0n) is 15.4. The predicted molar refractivity (Wildman–Crippen MR) is 107 cm³/mol. The van der Waals surface area contributed by atoms with Crippen molar-refractivity contribution in [2.75, 3.05) is 19.6 Å². The van der Waals surface area contributed by atoms with Crippen LogP contribution >= 0.6 is 11.3 Å². The molecule has 0 radical (unpaired) electrons. The zero-order valence-corrected chi connectivity index (χ0v) is 16.2. The molecule has 1 aromatic carbocycles. The van der Waals surface area contributed by atoms with Gasteiger partial charge in [-0.05, 0) is 45.0 Å². The predicted octanol–water partition coefficient (Wildman–Crippen LogP) is 4.28. The Kier molecular flexibility index (Phi) is 5.36. The molecule has 3 heterocycles. The molecule has 0 aliphatic carbocycles. The number of rotatable bonds is 6. The summed E-state index contributed by atoms with van der Waals surface area (Å²) in [6.07, 6.45) is 4.08. The van der Waals surface area contributed by atoms with Gasteiger partial charge in [0.25, 0.3) is 5.91 Å². The van der Waals surface area contributed by atoms with Crippen LogP contribution in [-0.2, 0) is 0 Å². The lowest BCUT2D eigenvalue weighted by Gasteiger charge is -2.25. The van der Waals surface area contributed by atoms with E-state index in [1.807, 2.05) is 49.4 Å². The van der Waals surface area contributed by atoms with Crippen LogP contribution in [0.4, 0.5) is 0 Å². The molecule has 1 N–H and O–H groups in total. The van der Waals surface area contributed by atoms with E-state index in [0.717, 1.165) is 35.1 Å². The van der Waals surface area contributed by atoms with Crippen molar-refractivity contribution < 1.29 is 9.21 Å². The summed E-state index contributed by atoms with van der Waals surface area (Å²) in [6, 6.07) is 13.9. The Morgan fingerprint density at radius 1 is 1.22 bits per heavy atom. The average Bonchev–Trinajstić information content (AvgIpc) is 3.45. The number of aryl methyl sites for hydroxylation is 1. The minimum absolute atomic E-state index is 0.0667. The fourth-order valence-corrected chi connectivity index (χ4v) is 4.51. The molecule has 0 saturated carbocycles. The first-order chi connectivity index (χ1) is 13.2. The van der Waals surface area contributed by atoms with Gasteiger partial charge in [-0.1, -0.05) is 30.3 Å². The first-order valence-corrected chi connectivity index (χ1v) is 10.1. The van der Waals surface area contributed by atoms with E-state index >= 15 is 0 Å². The third-order valence-electron chi connectivity index (χ3n) is 4.93. The van der Waals surface area contributed by atoms with E-state index in [4.69, 9.17) is 4.42 Å². The molecule has 0 bridgehead atoms. The molecule has 5 nitrogen and oxygen atoms in total. The van der Waals surface area contributed by atoms with Gasteiger partial charge in [0.1, 0.15) is 15.6 Å². The van der Waals surface area contributed by atoms with Crippen LogP contribution in [0.1, 0.15) is 40.0 Å². The zero-order chi connectivity index (χ0) is 18.6. The summed E-state index contributed by atoms with van der Waals surface area (Å²) in [7, 11) is 0. The van der Waals surface area contributed by atoms with Crippen LogP contribution < -0.4 is 5.32 Å². The van der Waals surface area contributed by atoms with Crippen LogP contribution in [0.3, 0.4) is 0 Å². The summed E-state index contributed by atoms with van der Waals surface area (Å²) in [5.74, 6) is 0.839. The second-order valence-corrected chi connectivity index (χ2v) is 7.78. The number of nitrogens with one attached hydrogen (secondary N) is 1. The largest absolute Gasteiger partial charge is 0.468 e. The van der Waals surface area contributed by atoms with Gasteiger partial charge in [0.15, 0.2) is 0 Å². The molecule has 6 heteroatoms. The van der Waals surface area contributed by atoms with E-state index in [1.54, 1.807) is 6.26 Å². The smallest absolute Gasteiger partial charge is 0.263 e. The van der Waals surface area contributed by atoms with Crippen molar-refractivity contribution in [3.63, 3.8) is 0 Å². The lowest BCUT2D eigenvalue weighted by Crippen LogP contribution is -2.36. The Morgan fingerprint density at radius 2 is 2.00 bits per heavy atom. The van der Waals surface area contributed by atoms with Crippen molar-refractivity contribution in [3.8, 4) is 10.6 Å². The summed E-state index contributed by atoms with van der Waals surface area (Å²) in [4.78, 5) is 20.5. The summed E-state index contributed by atoms with van der Waals surface area (Å²) in [5.41, 5.74) is 1.81. The van der Waals surface area contributed by atoms with E-state index in [2.05, 4.69) is 15.2 Å². The minimum atomic E-state index is -0.0667. The number of hydrogen-bond donors (Lipinski definition) is 1. The molecule has 1 unspecified atom stereocenters. The Labute approximate surface area is 163 Å². The summed E-state index contributed by atoms with van der Waals surface area (Å²) in [6.45, 7) is 4.50. The maximum atomic E-state index is 12.8. The van der Waals surface area contributed by atoms with Crippen LogP contribution in [0.2, 0.25) is 0 Å². The van der Waals surface area contributed by atoms with Crippen LogP contribution in [0.15, 0.2) is 53.1 Å². The Morgan fingerprint density at radius 3 is 2.70 bits per heavy atom. The monoisotopic (exact) mass is 381 g/mol. The standard InChI is InChI=1S/C21H23N3O2S/c1-15-19(27-21(23-15)16-8-3-2-4-9-16)20(25)22-14-17(18-10-7-13-26-18)24-11-5-6-12-24/h2-4,7-10,13,17H,5-6,11-12,14H2,1H3,(H,22,25). The van der Waals surface area contributed by atoms with E-state index < -0.39 is 0 Å². The Hall–Kier alpha value is -2.44. The van der Waals surface area contributed by atoms with Gasteiger partial charge in [0.2, 0.25) is 0 Å². The number of nitrogens with zero attached hydrogens (tertiary/aromatic N) is 2. The average molecular weight is 382 g/mol. The minimum Gasteiger partial charge on any atom is -0.468 e. The Balaban J connectivity index is 1.48. The van der Waals surface area contributed by atoms with Crippen molar-refractivity contribution in [1.29, 1.82) is 0 Å². The fraction of sp³-hybridized carbons (Fsp3) is 0.333. The molecule has 1 aliphatic heterocycles. The highest BCUT2D eigenvalue weighted by Gasteiger charge is 2.26. The molecular weight excluding hydrogens is 358 g/mol. The topological polar surface area (TPSA) is 58.4 Å². The van der Waals surface area contributed by atoms with Crippen LogP contribution in [0.5, 0.6) is 0 Å². The first-order valence-electron chi connectivity index (χ1n) is 9.31. The first kappa shape index (κ1) is 17.9. The quantitative estimate of drug-likeness (QED) is 0.692. The highest BCUT2D eigenvalue weighted by atomic mass is 32.1. The number of amides is 1. The van der Waals surface area contributed by atoms with Crippen molar-refractivity contribution >= 4 is 17.2 Å². The molecule has 3 aromatic rings. The maximum Gasteiger partial charge on any atom is 0.263 e. The second-order valence-electron chi connectivity index (χ2n) is 6.78. The number of benzene rings is 1. The number of hydrogen-bond acceptors (Lipinski definition) is 5. The van der Waals surface area contributed by atoms with Gasteiger partial charge in [0.05, 0.1) is 18.0 Å². The summed E-state index contributed by atoms with van der Waals surface area (Å²) < 4.78 is 5.63. The molecule has 140 valence electrons. The maximum absolute atomic E-state index is 12.8. The lowest BCUT2D eigenvalue weighted by atomic mass is 10.2. The summed E-state index contributed by atoms with van der Waals surface area (Å²) in [5, 5.41) is 3.98. The lowest BCUT2D eigenvalue weighted by molar-refractivity contribution is 0.0937. The molecule has 27 heavy (non-hydrogen) atoms. The number of carbonyl (C=O) groups excluding carboxylic acids is 1. The number of furan rings is 1. The van der Waals surface area contributed by atoms with Gasteiger partial charge < -0.3 is 9.73 Å². The molecule has 1 aliphatic rings. The van der Waals surface area contributed by atoms with Gasteiger partial charge in [-0.15, -0.1) is 11.3 Å².